The topological polar surface area (TPSA) is 41.1 Å². The second-order valence-corrected chi connectivity index (χ2v) is 5.70. The number of piperidine rings is 1. The molecule has 0 spiro atoms. The number of rotatable bonds is 3. The van der Waals surface area contributed by atoms with Crippen LogP contribution in [-0.2, 0) is 4.79 Å². The molecule has 0 saturated carbocycles. The minimum atomic E-state index is 0.178. The molecule has 88 valence electrons. The van der Waals surface area contributed by atoms with Crippen molar-refractivity contribution in [3.8, 4) is 0 Å². The maximum Gasteiger partial charge on any atom is 0.220 e. The maximum absolute atomic E-state index is 11.0. The fourth-order valence-electron chi connectivity index (χ4n) is 2.00. The van der Waals surface area contributed by atoms with Gasteiger partial charge in [0.2, 0.25) is 5.91 Å². The highest BCUT2D eigenvalue weighted by Crippen LogP contribution is 2.23. The van der Waals surface area contributed by atoms with Crippen molar-refractivity contribution in [3.63, 3.8) is 0 Å². The highest BCUT2D eigenvalue weighted by Gasteiger charge is 2.20. The summed E-state index contributed by atoms with van der Waals surface area (Å²) in [5.74, 6) is 0.178. The molecule has 1 aliphatic heterocycles. The number of nitrogens with one attached hydrogen (secondary N) is 2. The Morgan fingerprint density at radius 2 is 2.38 bits per heavy atom. The van der Waals surface area contributed by atoms with Crippen LogP contribution in [0.4, 0.5) is 0 Å². The Morgan fingerprint density at radius 1 is 1.56 bits per heavy atom. The van der Waals surface area contributed by atoms with Gasteiger partial charge in [-0.2, -0.15) is 0 Å². The summed E-state index contributed by atoms with van der Waals surface area (Å²) >= 11 is 1.84. The van der Waals surface area contributed by atoms with Crippen LogP contribution in [0.5, 0.6) is 0 Å². The molecule has 0 aromatic carbocycles. The molecular formula is C12H18N2OS. The minimum absolute atomic E-state index is 0.178. The van der Waals surface area contributed by atoms with Crippen LogP contribution in [0.3, 0.4) is 0 Å². The average molecular weight is 238 g/mol. The molecule has 1 aliphatic rings. The Hall–Kier alpha value is -0.870. The van der Waals surface area contributed by atoms with Crippen molar-refractivity contribution in [1.29, 1.82) is 0 Å². The maximum atomic E-state index is 11.0. The Kier molecular flexibility index (Phi) is 3.61. The molecule has 0 radical (unpaired) electrons. The summed E-state index contributed by atoms with van der Waals surface area (Å²) < 4.78 is 0. The van der Waals surface area contributed by atoms with Gasteiger partial charge >= 0.3 is 0 Å². The van der Waals surface area contributed by atoms with E-state index in [9.17, 15) is 4.79 Å². The van der Waals surface area contributed by atoms with Gasteiger partial charge in [-0.3, -0.25) is 4.79 Å². The molecule has 16 heavy (non-hydrogen) atoms. The zero-order chi connectivity index (χ0) is 11.5. The van der Waals surface area contributed by atoms with Gasteiger partial charge in [-0.1, -0.05) is 0 Å². The zero-order valence-electron chi connectivity index (χ0n) is 9.75. The monoisotopic (exact) mass is 238 g/mol. The lowest BCUT2D eigenvalue weighted by molar-refractivity contribution is -0.122. The molecule has 2 heterocycles. The summed E-state index contributed by atoms with van der Waals surface area (Å²) in [5, 5.41) is 6.46. The van der Waals surface area contributed by atoms with E-state index in [2.05, 4.69) is 36.6 Å². The van der Waals surface area contributed by atoms with E-state index in [0.717, 1.165) is 13.0 Å². The van der Waals surface area contributed by atoms with Crippen LogP contribution in [0.15, 0.2) is 12.1 Å². The normalized spacial score (nSPS) is 22.9. The first-order valence-corrected chi connectivity index (χ1v) is 6.56. The molecule has 4 heteroatoms. The van der Waals surface area contributed by atoms with Crippen LogP contribution in [0.25, 0.3) is 0 Å². The van der Waals surface area contributed by atoms with Gasteiger partial charge in [0, 0.05) is 34.8 Å². The standard InChI is InChI=1S/C12H18N2OS/c1-8-3-5-11(16-8)9(2)14-10-4-6-12(15)13-7-10/h3,5,9-10,14H,4,6-7H2,1-2H3,(H,13,15). The first-order valence-electron chi connectivity index (χ1n) is 5.74. The average Bonchev–Trinajstić information content (AvgIpc) is 2.68. The van der Waals surface area contributed by atoms with Crippen molar-refractivity contribution < 1.29 is 4.79 Å². The summed E-state index contributed by atoms with van der Waals surface area (Å²) in [7, 11) is 0. The second kappa shape index (κ2) is 4.97. The fourth-order valence-corrected chi connectivity index (χ4v) is 2.89. The molecule has 1 amide bonds. The van der Waals surface area contributed by atoms with Crippen molar-refractivity contribution in [3.05, 3.63) is 21.9 Å². The third-order valence-electron chi connectivity index (χ3n) is 2.94. The summed E-state index contributed by atoms with van der Waals surface area (Å²) in [4.78, 5) is 13.7. The summed E-state index contributed by atoms with van der Waals surface area (Å²) in [6.45, 7) is 5.07. The van der Waals surface area contributed by atoms with Crippen molar-refractivity contribution in [2.45, 2.75) is 38.8 Å². The number of thiophene rings is 1. The quantitative estimate of drug-likeness (QED) is 0.845. The molecule has 2 rings (SSSR count). The summed E-state index contributed by atoms with van der Waals surface area (Å²) in [6, 6.07) is 5.12. The van der Waals surface area contributed by atoms with Gasteiger partial charge in [-0.05, 0) is 32.4 Å². The lowest BCUT2D eigenvalue weighted by Gasteiger charge is -2.26. The highest BCUT2D eigenvalue weighted by atomic mass is 32.1. The third-order valence-corrected chi connectivity index (χ3v) is 4.12. The van der Waals surface area contributed by atoms with Gasteiger partial charge in [-0.15, -0.1) is 11.3 Å². The fraction of sp³-hybridized carbons (Fsp3) is 0.583. The van der Waals surface area contributed by atoms with Crippen molar-refractivity contribution in [2.75, 3.05) is 6.54 Å². The van der Waals surface area contributed by atoms with Crippen LogP contribution in [-0.4, -0.2) is 18.5 Å². The Bertz CT molecular complexity index is 365. The SMILES string of the molecule is Cc1ccc(C(C)NC2CCC(=O)NC2)s1. The molecule has 1 fully saturated rings. The van der Waals surface area contributed by atoms with Crippen molar-refractivity contribution in [1.82, 2.24) is 10.6 Å². The number of aryl methyl sites for hydroxylation is 1. The smallest absolute Gasteiger partial charge is 0.220 e. The zero-order valence-corrected chi connectivity index (χ0v) is 10.6. The van der Waals surface area contributed by atoms with E-state index in [1.165, 1.54) is 9.75 Å². The second-order valence-electron chi connectivity index (χ2n) is 4.38. The van der Waals surface area contributed by atoms with Crippen LogP contribution in [0, 0.1) is 6.92 Å². The molecule has 2 unspecified atom stereocenters. The van der Waals surface area contributed by atoms with E-state index in [0.29, 0.717) is 18.5 Å². The minimum Gasteiger partial charge on any atom is -0.355 e. The van der Waals surface area contributed by atoms with E-state index in [4.69, 9.17) is 0 Å². The Labute approximate surface area is 100 Å². The summed E-state index contributed by atoms with van der Waals surface area (Å²) in [5.41, 5.74) is 0. The molecule has 1 aromatic heterocycles. The van der Waals surface area contributed by atoms with E-state index in [1.807, 2.05) is 11.3 Å². The number of amides is 1. The lowest BCUT2D eigenvalue weighted by atomic mass is 10.1. The van der Waals surface area contributed by atoms with E-state index < -0.39 is 0 Å². The van der Waals surface area contributed by atoms with Gasteiger partial charge in [0.05, 0.1) is 0 Å². The van der Waals surface area contributed by atoms with Gasteiger partial charge < -0.3 is 10.6 Å². The van der Waals surface area contributed by atoms with Crippen molar-refractivity contribution in [2.24, 2.45) is 0 Å². The summed E-state index contributed by atoms with van der Waals surface area (Å²) in [6.07, 6.45) is 1.59. The molecule has 2 atom stereocenters. The van der Waals surface area contributed by atoms with Gasteiger partial charge in [0.25, 0.3) is 0 Å². The highest BCUT2D eigenvalue weighted by molar-refractivity contribution is 7.12. The van der Waals surface area contributed by atoms with E-state index in [1.54, 1.807) is 0 Å². The van der Waals surface area contributed by atoms with E-state index in [-0.39, 0.29) is 5.91 Å². The van der Waals surface area contributed by atoms with Crippen LogP contribution in [0.1, 0.15) is 35.6 Å². The predicted molar refractivity (Wildman–Crippen MR) is 66.6 cm³/mol. The Balaban J connectivity index is 1.87. The predicted octanol–water partition coefficient (Wildman–Crippen LogP) is 1.99. The van der Waals surface area contributed by atoms with Crippen molar-refractivity contribution >= 4 is 17.2 Å². The Morgan fingerprint density at radius 3 is 2.94 bits per heavy atom. The molecule has 1 saturated heterocycles. The van der Waals surface area contributed by atoms with Gasteiger partial charge in [0.15, 0.2) is 0 Å². The van der Waals surface area contributed by atoms with Crippen LogP contribution < -0.4 is 10.6 Å². The van der Waals surface area contributed by atoms with Crippen LogP contribution >= 0.6 is 11.3 Å². The third kappa shape index (κ3) is 2.83. The van der Waals surface area contributed by atoms with Gasteiger partial charge in [-0.25, -0.2) is 0 Å². The lowest BCUT2D eigenvalue weighted by Crippen LogP contribution is -2.46. The van der Waals surface area contributed by atoms with Gasteiger partial charge in [0.1, 0.15) is 0 Å². The first-order chi connectivity index (χ1) is 7.65. The van der Waals surface area contributed by atoms with E-state index >= 15 is 0 Å². The number of hydrogen-bond acceptors (Lipinski definition) is 3. The molecule has 2 N–H and O–H groups in total. The molecule has 3 nitrogen and oxygen atoms in total. The van der Waals surface area contributed by atoms with Crippen LogP contribution in [0.2, 0.25) is 0 Å². The molecule has 0 bridgehead atoms. The number of carbonyl (C=O) groups is 1. The number of carbonyl (C=O) groups excluding carboxylic acids is 1. The number of hydrogen-bond donors (Lipinski definition) is 2. The first kappa shape index (κ1) is 11.6. The molecule has 0 aliphatic carbocycles. The largest absolute Gasteiger partial charge is 0.355 e. The molecular weight excluding hydrogens is 220 g/mol. The molecule has 1 aromatic rings.